The summed E-state index contributed by atoms with van der Waals surface area (Å²) in [4.78, 5) is 29.5. The van der Waals surface area contributed by atoms with E-state index in [4.69, 9.17) is 15.2 Å². The van der Waals surface area contributed by atoms with Crippen LogP contribution in [0.5, 0.6) is 0 Å². The van der Waals surface area contributed by atoms with Gasteiger partial charge in [0.15, 0.2) is 17.9 Å². The van der Waals surface area contributed by atoms with Gasteiger partial charge in [-0.3, -0.25) is 9.59 Å². The van der Waals surface area contributed by atoms with E-state index in [1.54, 1.807) is 13.0 Å². The Balaban J connectivity index is 1.60. The van der Waals surface area contributed by atoms with Crippen molar-refractivity contribution in [3.63, 3.8) is 0 Å². The summed E-state index contributed by atoms with van der Waals surface area (Å²) in [7, 11) is 0. The number of carbonyl (C=O) groups excluding carboxylic acids is 2. The highest BCUT2D eigenvalue weighted by atomic mass is 16.7. The summed E-state index contributed by atoms with van der Waals surface area (Å²) >= 11 is 0. The van der Waals surface area contributed by atoms with E-state index in [0.29, 0.717) is 43.7 Å². The number of unbranched alkanes of at least 4 members (excludes halogenated alkanes) is 1. The van der Waals surface area contributed by atoms with Crippen LogP contribution >= 0.6 is 0 Å². The Kier molecular flexibility index (Phi) is 8.25. The Bertz CT molecular complexity index is 846. The monoisotopic (exact) mass is 410 g/mol. The van der Waals surface area contributed by atoms with Crippen LogP contribution in [0, 0.1) is 0 Å². The fourth-order valence-corrected chi connectivity index (χ4v) is 3.43. The molecule has 0 unspecified atom stereocenters. The summed E-state index contributed by atoms with van der Waals surface area (Å²) in [5.41, 5.74) is 8.50. The van der Waals surface area contributed by atoms with Crippen LogP contribution in [0.15, 0.2) is 42.5 Å². The van der Waals surface area contributed by atoms with Crippen molar-refractivity contribution >= 4 is 11.6 Å². The number of Topliss-reactive ketones (excluding diaryl/α,β-unsaturated/α-hetero) is 2. The summed E-state index contributed by atoms with van der Waals surface area (Å²) in [5, 5.41) is 0. The number of ketones is 2. The van der Waals surface area contributed by atoms with Crippen molar-refractivity contribution in [1.82, 2.24) is 4.98 Å². The minimum Gasteiger partial charge on any atom is -0.351 e. The highest BCUT2D eigenvalue weighted by Gasteiger charge is 2.19. The Hall–Kier alpha value is -2.41. The second kappa shape index (κ2) is 11.1. The number of pyridine rings is 1. The van der Waals surface area contributed by atoms with Crippen LogP contribution in [0.2, 0.25) is 0 Å². The van der Waals surface area contributed by atoms with Crippen LogP contribution in [0.3, 0.4) is 0 Å². The first-order valence-electron chi connectivity index (χ1n) is 10.6. The average Bonchev–Trinajstić information content (AvgIpc) is 2.77. The molecule has 1 saturated heterocycles. The molecule has 0 spiro atoms. The zero-order chi connectivity index (χ0) is 21.3. The van der Waals surface area contributed by atoms with Crippen molar-refractivity contribution in [2.45, 2.75) is 57.8 Å². The number of rotatable bonds is 10. The fraction of sp³-hybridized carbons (Fsp3) is 0.458. The summed E-state index contributed by atoms with van der Waals surface area (Å²) < 4.78 is 11.1. The van der Waals surface area contributed by atoms with Gasteiger partial charge in [-0.15, -0.1) is 0 Å². The number of nitrogens with zero attached hydrogens (tertiary/aromatic N) is 1. The number of benzene rings is 1. The lowest BCUT2D eigenvalue weighted by molar-refractivity contribution is -0.188. The molecule has 0 radical (unpaired) electrons. The average molecular weight is 411 g/mol. The number of aromatic nitrogens is 1. The summed E-state index contributed by atoms with van der Waals surface area (Å²) in [6, 6.07) is 13.3. The van der Waals surface area contributed by atoms with Crippen molar-refractivity contribution in [1.29, 1.82) is 0 Å². The molecule has 6 heteroatoms. The molecular formula is C24H30N2O4. The van der Waals surface area contributed by atoms with Gasteiger partial charge in [0.05, 0.1) is 19.3 Å². The van der Waals surface area contributed by atoms with Gasteiger partial charge in [0.2, 0.25) is 0 Å². The van der Waals surface area contributed by atoms with E-state index in [0.717, 1.165) is 30.5 Å². The fourth-order valence-electron chi connectivity index (χ4n) is 3.43. The normalized spacial score (nSPS) is 18.9. The second-order valence-corrected chi connectivity index (χ2v) is 7.70. The van der Waals surface area contributed by atoms with Crippen LogP contribution in [-0.4, -0.2) is 42.1 Å². The molecule has 3 rings (SSSR count). The van der Waals surface area contributed by atoms with E-state index < -0.39 is 0 Å². The van der Waals surface area contributed by atoms with Crippen LogP contribution in [0.25, 0.3) is 0 Å². The molecule has 0 saturated carbocycles. The van der Waals surface area contributed by atoms with Gasteiger partial charge in [0.1, 0.15) is 5.69 Å². The maximum absolute atomic E-state index is 12.8. The summed E-state index contributed by atoms with van der Waals surface area (Å²) in [6.07, 6.45) is 3.45. The zero-order valence-corrected chi connectivity index (χ0v) is 17.5. The molecule has 1 fully saturated rings. The van der Waals surface area contributed by atoms with E-state index in [1.165, 1.54) is 0 Å². The molecule has 1 aromatic heterocycles. The van der Waals surface area contributed by atoms with Gasteiger partial charge >= 0.3 is 0 Å². The Labute approximate surface area is 177 Å². The summed E-state index contributed by atoms with van der Waals surface area (Å²) in [6.45, 7) is 2.83. The van der Waals surface area contributed by atoms with Gasteiger partial charge in [-0.05, 0) is 37.0 Å². The number of hydrogen-bond donors (Lipinski definition) is 1. The van der Waals surface area contributed by atoms with Gasteiger partial charge in [-0.25, -0.2) is 4.98 Å². The molecule has 2 aromatic rings. The minimum atomic E-state index is -0.230. The lowest BCUT2D eigenvalue weighted by Gasteiger charge is -2.27. The van der Waals surface area contributed by atoms with Crippen molar-refractivity contribution in [2.24, 2.45) is 5.73 Å². The Morgan fingerprint density at radius 3 is 2.50 bits per heavy atom. The molecule has 6 nitrogen and oxygen atoms in total. The van der Waals surface area contributed by atoms with E-state index in [9.17, 15) is 9.59 Å². The quantitative estimate of drug-likeness (QED) is 0.474. The summed E-state index contributed by atoms with van der Waals surface area (Å²) in [5.74, 6) is -0.0202. The first-order chi connectivity index (χ1) is 14.5. The van der Waals surface area contributed by atoms with Gasteiger partial charge in [-0.1, -0.05) is 37.3 Å². The molecule has 0 bridgehead atoms. The van der Waals surface area contributed by atoms with Crippen molar-refractivity contribution in [3.05, 3.63) is 65.0 Å². The van der Waals surface area contributed by atoms with Crippen LogP contribution in [0.4, 0.5) is 0 Å². The molecule has 0 amide bonds. The van der Waals surface area contributed by atoms with Crippen LogP contribution in [0.1, 0.15) is 71.1 Å². The molecule has 1 aromatic carbocycles. The second-order valence-electron chi connectivity index (χ2n) is 7.70. The van der Waals surface area contributed by atoms with Gasteiger partial charge in [-0.2, -0.15) is 0 Å². The molecule has 1 aliphatic rings. The van der Waals surface area contributed by atoms with E-state index in [-0.39, 0.29) is 23.9 Å². The highest BCUT2D eigenvalue weighted by molar-refractivity contribution is 6.00. The third-order valence-corrected chi connectivity index (χ3v) is 5.12. The molecule has 160 valence electrons. The SMILES string of the molecule is CCC(=O)c1cc(C(=O)CCCCC2OCC(N)CO2)cc(Cc2ccccc2)n1. The molecule has 2 N–H and O–H groups in total. The molecular weight excluding hydrogens is 380 g/mol. The van der Waals surface area contributed by atoms with Crippen LogP contribution in [-0.2, 0) is 15.9 Å². The van der Waals surface area contributed by atoms with Gasteiger partial charge < -0.3 is 15.2 Å². The lowest BCUT2D eigenvalue weighted by Crippen LogP contribution is -2.41. The maximum Gasteiger partial charge on any atom is 0.180 e. The van der Waals surface area contributed by atoms with Crippen molar-refractivity contribution in [2.75, 3.05) is 13.2 Å². The molecule has 2 heterocycles. The minimum absolute atomic E-state index is 0.0318. The largest absolute Gasteiger partial charge is 0.351 e. The number of carbonyl (C=O) groups is 2. The first-order valence-corrected chi connectivity index (χ1v) is 10.6. The first kappa shape index (κ1) is 22.3. The maximum atomic E-state index is 12.8. The van der Waals surface area contributed by atoms with E-state index >= 15 is 0 Å². The Morgan fingerprint density at radius 1 is 1.07 bits per heavy atom. The standard InChI is InChI=1S/C24H30N2O4/c1-2-22(27)21-14-18(13-20(26-21)12-17-8-4-3-5-9-17)23(28)10-6-7-11-24-29-15-19(25)16-30-24/h3-5,8-9,13-14,19,24H,2,6-7,10-12,15-16,25H2,1H3. The number of hydrogen-bond acceptors (Lipinski definition) is 6. The third kappa shape index (κ3) is 6.55. The zero-order valence-electron chi connectivity index (χ0n) is 17.5. The molecule has 1 aliphatic heterocycles. The van der Waals surface area contributed by atoms with Gasteiger partial charge in [0.25, 0.3) is 0 Å². The van der Waals surface area contributed by atoms with Crippen LogP contribution < -0.4 is 5.73 Å². The van der Waals surface area contributed by atoms with Crippen molar-refractivity contribution < 1.29 is 19.1 Å². The lowest BCUT2D eigenvalue weighted by atomic mass is 10.0. The number of ether oxygens (including phenoxy) is 2. The predicted molar refractivity (Wildman–Crippen MR) is 115 cm³/mol. The Morgan fingerprint density at radius 2 is 1.80 bits per heavy atom. The predicted octanol–water partition coefficient (Wildman–Crippen LogP) is 3.71. The van der Waals surface area contributed by atoms with E-state index in [1.807, 2.05) is 36.4 Å². The molecule has 30 heavy (non-hydrogen) atoms. The van der Waals surface area contributed by atoms with Crippen molar-refractivity contribution in [3.8, 4) is 0 Å². The highest BCUT2D eigenvalue weighted by Crippen LogP contribution is 2.17. The van der Waals surface area contributed by atoms with E-state index in [2.05, 4.69) is 4.98 Å². The topological polar surface area (TPSA) is 91.5 Å². The third-order valence-electron chi connectivity index (χ3n) is 5.12. The smallest absolute Gasteiger partial charge is 0.180 e. The number of nitrogens with two attached hydrogens (primary N) is 1. The molecule has 0 atom stereocenters. The molecule has 0 aliphatic carbocycles. The van der Waals surface area contributed by atoms with Gasteiger partial charge in [0, 0.05) is 30.5 Å².